The van der Waals surface area contributed by atoms with E-state index < -0.39 is 17.9 Å². The van der Waals surface area contributed by atoms with Gasteiger partial charge in [-0.3, -0.25) is 14.5 Å². The third-order valence-corrected chi connectivity index (χ3v) is 6.69. The van der Waals surface area contributed by atoms with Gasteiger partial charge in [0.05, 0.1) is 36.9 Å². The van der Waals surface area contributed by atoms with Gasteiger partial charge in [0.15, 0.2) is 10.6 Å². The monoisotopic (exact) mass is 462 g/mol. The highest BCUT2D eigenvalue weighted by molar-refractivity contribution is 7.17. The number of carbonyl (C=O) groups is 2. The fourth-order valence-electron chi connectivity index (χ4n) is 4.01. The van der Waals surface area contributed by atoms with Gasteiger partial charge in [-0.1, -0.05) is 35.6 Å². The number of anilines is 1. The van der Waals surface area contributed by atoms with Crippen LogP contribution >= 0.6 is 11.3 Å². The number of para-hydroxylation sites is 1. The normalized spacial score (nSPS) is 15.1. The number of hydrogen-bond donors (Lipinski definition) is 0. The van der Waals surface area contributed by atoms with E-state index in [-0.39, 0.29) is 26.8 Å². The lowest BCUT2D eigenvalue weighted by Crippen LogP contribution is -2.29. The first-order valence-corrected chi connectivity index (χ1v) is 10.8. The molecule has 2 aromatic heterocycles. The van der Waals surface area contributed by atoms with E-state index in [1.54, 1.807) is 62.6 Å². The van der Waals surface area contributed by atoms with Crippen LogP contribution in [0.4, 0.5) is 5.13 Å². The Kier molecular flexibility index (Phi) is 4.98. The van der Waals surface area contributed by atoms with E-state index in [2.05, 4.69) is 4.98 Å². The summed E-state index contributed by atoms with van der Waals surface area (Å²) in [5, 5.41) is 0.643. The molecule has 0 saturated carbocycles. The molecule has 1 atom stereocenters. The smallest absolute Gasteiger partial charge is 0.350 e. The molecule has 1 aliphatic rings. The van der Waals surface area contributed by atoms with Crippen LogP contribution in [0.1, 0.15) is 43.1 Å². The number of nitrogens with zero attached hydrogens (tertiary/aromatic N) is 2. The highest BCUT2D eigenvalue weighted by atomic mass is 32.1. The van der Waals surface area contributed by atoms with Gasteiger partial charge in [-0.05, 0) is 36.8 Å². The lowest BCUT2D eigenvalue weighted by Gasteiger charge is -2.22. The van der Waals surface area contributed by atoms with E-state index in [9.17, 15) is 14.4 Å². The summed E-state index contributed by atoms with van der Waals surface area (Å²) in [4.78, 5) is 45.5. The molecule has 0 N–H and O–H groups in total. The van der Waals surface area contributed by atoms with Gasteiger partial charge in [0.1, 0.15) is 16.2 Å². The number of hydrogen-bond acceptors (Lipinski definition) is 8. The van der Waals surface area contributed by atoms with Crippen LogP contribution in [-0.4, -0.2) is 31.1 Å². The maximum Gasteiger partial charge on any atom is 0.350 e. The molecule has 166 valence electrons. The lowest BCUT2D eigenvalue weighted by molar-refractivity contribution is 0.0605. The van der Waals surface area contributed by atoms with Gasteiger partial charge in [0, 0.05) is 0 Å². The van der Waals surface area contributed by atoms with Crippen LogP contribution < -0.4 is 15.1 Å². The van der Waals surface area contributed by atoms with E-state index in [1.165, 1.54) is 12.0 Å². The van der Waals surface area contributed by atoms with Gasteiger partial charge in [0.2, 0.25) is 5.76 Å². The molecule has 33 heavy (non-hydrogen) atoms. The van der Waals surface area contributed by atoms with Crippen LogP contribution in [0, 0.1) is 6.92 Å². The molecule has 0 unspecified atom stereocenters. The van der Waals surface area contributed by atoms with Crippen molar-refractivity contribution >= 4 is 39.3 Å². The Morgan fingerprint density at radius 2 is 1.91 bits per heavy atom. The Hall–Kier alpha value is -3.98. The van der Waals surface area contributed by atoms with Crippen LogP contribution in [-0.2, 0) is 4.74 Å². The highest BCUT2D eigenvalue weighted by Crippen LogP contribution is 2.43. The highest BCUT2D eigenvalue weighted by Gasteiger charge is 2.45. The van der Waals surface area contributed by atoms with E-state index in [1.807, 2.05) is 0 Å². The molecule has 0 fully saturated rings. The van der Waals surface area contributed by atoms with Gasteiger partial charge in [-0.25, -0.2) is 9.78 Å². The van der Waals surface area contributed by atoms with Crippen molar-refractivity contribution in [3.8, 4) is 5.75 Å². The van der Waals surface area contributed by atoms with Crippen molar-refractivity contribution in [2.45, 2.75) is 13.0 Å². The zero-order valence-electron chi connectivity index (χ0n) is 17.9. The predicted octanol–water partition coefficient (Wildman–Crippen LogP) is 4.10. The molecule has 0 aliphatic carbocycles. The molecule has 1 aliphatic heterocycles. The Bertz CT molecular complexity index is 1490. The Balaban J connectivity index is 1.78. The first kappa shape index (κ1) is 20.9. The molecule has 2 aromatic carbocycles. The Morgan fingerprint density at radius 3 is 2.67 bits per heavy atom. The van der Waals surface area contributed by atoms with E-state index >= 15 is 0 Å². The second-order valence-electron chi connectivity index (χ2n) is 7.43. The van der Waals surface area contributed by atoms with Gasteiger partial charge in [-0.15, -0.1) is 0 Å². The number of amides is 1. The molecule has 0 bridgehead atoms. The molecule has 5 rings (SSSR count). The van der Waals surface area contributed by atoms with Gasteiger partial charge < -0.3 is 13.9 Å². The van der Waals surface area contributed by atoms with Crippen LogP contribution in [0.2, 0.25) is 0 Å². The van der Waals surface area contributed by atoms with Gasteiger partial charge in [0.25, 0.3) is 5.91 Å². The molecule has 4 aromatic rings. The molecule has 9 heteroatoms. The molecule has 0 radical (unpaired) electrons. The summed E-state index contributed by atoms with van der Waals surface area (Å²) in [6.45, 7) is 1.66. The van der Waals surface area contributed by atoms with Crippen molar-refractivity contribution in [1.29, 1.82) is 0 Å². The van der Waals surface area contributed by atoms with Crippen LogP contribution in [0.25, 0.3) is 11.0 Å². The summed E-state index contributed by atoms with van der Waals surface area (Å²) in [5.74, 6) is -0.521. The summed E-state index contributed by atoms with van der Waals surface area (Å²) in [7, 11) is 2.82. The predicted molar refractivity (Wildman–Crippen MR) is 122 cm³/mol. The number of methoxy groups -OCH3 is 2. The van der Waals surface area contributed by atoms with Crippen LogP contribution in [0.5, 0.6) is 5.75 Å². The minimum atomic E-state index is -0.806. The first-order valence-electron chi connectivity index (χ1n) is 10.0. The largest absolute Gasteiger partial charge is 0.497 e. The third kappa shape index (κ3) is 3.20. The number of fused-ring (bicyclic) bond motifs is 2. The number of aromatic nitrogens is 1. The summed E-state index contributed by atoms with van der Waals surface area (Å²) in [5.41, 5.74) is 1.33. The molecule has 1 amide bonds. The molecular formula is C24H18N2O6S. The minimum Gasteiger partial charge on any atom is -0.497 e. The van der Waals surface area contributed by atoms with Crippen molar-refractivity contribution < 1.29 is 23.5 Å². The Morgan fingerprint density at radius 1 is 1.12 bits per heavy atom. The number of carbonyl (C=O) groups excluding carboxylic acids is 2. The van der Waals surface area contributed by atoms with Crippen LogP contribution in [0.15, 0.2) is 57.7 Å². The molecule has 8 nitrogen and oxygen atoms in total. The lowest BCUT2D eigenvalue weighted by atomic mass is 9.98. The molecule has 0 spiro atoms. The fraction of sp³-hybridized carbons (Fsp3) is 0.167. The number of benzene rings is 2. The summed E-state index contributed by atoms with van der Waals surface area (Å²) in [6.07, 6.45) is 0. The summed E-state index contributed by atoms with van der Waals surface area (Å²) >= 11 is 1.03. The van der Waals surface area contributed by atoms with Crippen molar-refractivity contribution in [3.63, 3.8) is 0 Å². The second-order valence-corrected chi connectivity index (χ2v) is 8.40. The maximum atomic E-state index is 13.6. The summed E-state index contributed by atoms with van der Waals surface area (Å²) in [6, 6.07) is 13.1. The van der Waals surface area contributed by atoms with Crippen molar-refractivity contribution in [3.05, 3.63) is 86.2 Å². The first-order chi connectivity index (χ1) is 15.9. The topological polar surface area (TPSA) is 98.9 Å². The maximum absolute atomic E-state index is 13.6. The quantitative estimate of drug-likeness (QED) is 0.421. The SMILES string of the molecule is COC(=O)c1sc(N2C(=O)c3oc4ccccc4c(=O)c3[C@@H]2c2cccc(OC)c2)nc1C. The standard InChI is InChI=1S/C24H18N2O6S/c1-12-21(23(29)31-3)33-24(25-12)26-18(13-7-6-8-14(11-13)30-2)17-19(27)15-9-4-5-10-16(15)32-20(17)22(26)28/h4-11,18H,1-3H3/t18-/m0/s1. The van der Waals surface area contributed by atoms with Crippen molar-refractivity contribution in [2.75, 3.05) is 19.1 Å². The van der Waals surface area contributed by atoms with Crippen molar-refractivity contribution in [1.82, 2.24) is 4.98 Å². The van der Waals surface area contributed by atoms with Gasteiger partial charge >= 0.3 is 5.97 Å². The number of thiazole rings is 1. The number of esters is 1. The third-order valence-electron chi connectivity index (χ3n) is 5.55. The van der Waals surface area contributed by atoms with E-state index in [4.69, 9.17) is 13.9 Å². The number of ether oxygens (including phenoxy) is 2. The zero-order chi connectivity index (χ0) is 23.3. The van der Waals surface area contributed by atoms with Crippen LogP contribution in [0.3, 0.4) is 0 Å². The van der Waals surface area contributed by atoms with Gasteiger partial charge in [-0.2, -0.15) is 0 Å². The molecule has 0 saturated heterocycles. The molecular weight excluding hydrogens is 444 g/mol. The Labute approximate surface area is 192 Å². The average molecular weight is 462 g/mol. The number of rotatable bonds is 4. The minimum absolute atomic E-state index is 0.0426. The average Bonchev–Trinajstić information content (AvgIpc) is 3.36. The zero-order valence-corrected chi connectivity index (χ0v) is 18.8. The fourth-order valence-corrected chi connectivity index (χ4v) is 5.02. The molecule has 3 heterocycles. The van der Waals surface area contributed by atoms with E-state index in [0.717, 1.165) is 11.3 Å². The second kappa shape index (κ2) is 7.86. The number of aryl methyl sites for hydroxylation is 1. The van der Waals surface area contributed by atoms with Crippen molar-refractivity contribution in [2.24, 2.45) is 0 Å². The summed E-state index contributed by atoms with van der Waals surface area (Å²) < 4.78 is 16.1. The van der Waals surface area contributed by atoms with E-state index in [0.29, 0.717) is 28.0 Å².